The van der Waals surface area contributed by atoms with Crippen LogP contribution in [0.25, 0.3) is 11.0 Å². The summed E-state index contributed by atoms with van der Waals surface area (Å²) in [6.07, 6.45) is 12.1. The Morgan fingerprint density at radius 2 is 1.57 bits per heavy atom. The molecular weight excluding hydrogens is 819 g/mol. The number of unbranched alkanes of at least 4 members (excludes halogenated alkanes) is 4. The van der Waals surface area contributed by atoms with E-state index in [2.05, 4.69) is 46.0 Å². The fourth-order valence-electron chi connectivity index (χ4n) is 8.36. The summed E-state index contributed by atoms with van der Waals surface area (Å²) in [4.78, 5) is 88.1. The molecule has 0 bridgehead atoms. The molecule has 4 aromatic heterocycles. The number of benzene rings is 1. The smallest absolute Gasteiger partial charge is 0.263 e. The van der Waals surface area contributed by atoms with Crippen molar-refractivity contribution in [2.75, 3.05) is 60.1 Å². The minimum atomic E-state index is -0.313. The minimum absolute atomic E-state index is 0.000829. The molecule has 2 fully saturated rings. The number of amides is 3. The third-order valence-electron chi connectivity index (χ3n) is 11.9. The van der Waals surface area contributed by atoms with Gasteiger partial charge in [0.05, 0.1) is 40.9 Å². The normalized spacial score (nSPS) is 14.5. The average molecular weight is 876 g/mol. The quantitative estimate of drug-likeness (QED) is 0.0516. The van der Waals surface area contributed by atoms with Crippen molar-refractivity contribution in [3.63, 3.8) is 0 Å². The summed E-state index contributed by atoms with van der Waals surface area (Å²) >= 11 is 1.42. The number of ketones is 1. The predicted octanol–water partition coefficient (Wildman–Crippen LogP) is 7.10. The van der Waals surface area contributed by atoms with Gasteiger partial charge in [-0.25, -0.2) is 15.0 Å². The molecular formula is C46H57N11O5S. The lowest BCUT2D eigenvalue weighted by atomic mass is 10.0. The second kappa shape index (κ2) is 20.9. The molecule has 3 amide bonds. The van der Waals surface area contributed by atoms with E-state index in [1.807, 2.05) is 32.2 Å². The summed E-state index contributed by atoms with van der Waals surface area (Å²) in [6, 6.07) is 10.9. The Kier molecular flexibility index (Phi) is 14.9. The van der Waals surface area contributed by atoms with Gasteiger partial charge in [-0.3, -0.25) is 38.8 Å². The van der Waals surface area contributed by atoms with Crippen LogP contribution in [0.15, 0.2) is 53.6 Å². The summed E-state index contributed by atoms with van der Waals surface area (Å²) in [6.45, 7) is 11.1. The zero-order valence-corrected chi connectivity index (χ0v) is 37.4. The Hall–Kier alpha value is -6.07. The Morgan fingerprint density at radius 1 is 0.825 bits per heavy atom. The number of pyridine rings is 2. The van der Waals surface area contributed by atoms with Crippen molar-refractivity contribution in [3.05, 3.63) is 86.4 Å². The van der Waals surface area contributed by atoms with E-state index in [0.29, 0.717) is 64.3 Å². The van der Waals surface area contributed by atoms with E-state index in [1.54, 1.807) is 42.0 Å². The van der Waals surface area contributed by atoms with E-state index < -0.39 is 0 Å². The molecule has 4 N–H and O–H groups in total. The molecule has 16 nitrogen and oxygen atoms in total. The average Bonchev–Trinajstić information content (AvgIpc) is 3.91. The van der Waals surface area contributed by atoms with Gasteiger partial charge in [-0.15, -0.1) is 11.3 Å². The molecule has 1 saturated heterocycles. The van der Waals surface area contributed by atoms with E-state index in [-0.39, 0.29) is 40.7 Å². The Balaban J connectivity index is 0.779. The second-order valence-corrected chi connectivity index (χ2v) is 17.7. The maximum absolute atomic E-state index is 13.6. The van der Waals surface area contributed by atoms with Crippen LogP contribution >= 0.6 is 11.3 Å². The Labute approximate surface area is 371 Å². The van der Waals surface area contributed by atoms with Crippen molar-refractivity contribution in [3.8, 4) is 0 Å². The first-order chi connectivity index (χ1) is 30.4. The SMILES string of the molecule is CC(=O)c1c(C)c2cnc(Nc3ccc(N4CCN(CC(=O)NCCCCCCCC(=O)Nc5ccccc5C(=O)Nc5nc(C)c(C)s5)CC4)cn3)nc2n(C2CCCC2)c1=O. The number of Topliss-reactive ketones (excluding diaryl/α,β-unsaturated/α-hetero) is 1. The second-order valence-electron chi connectivity index (χ2n) is 16.5. The molecule has 0 radical (unpaired) electrons. The lowest BCUT2D eigenvalue weighted by Crippen LogP contribution is -2.49. The number of hydrogen-bond acceptors (Lipinski definition) is 13. The summed E-state index contributed by atoms with van der Waals surface area (Å²) in [7, 11) is 0. The lowest BCUT2D eigenvalue weighted by Gasteiger charge is -2.35. The van der Waals surface area contributed by atoms with E-state index in [9.17, 15) is 24.0 Å². The monoisotopic (exact) mass is 875 g/mol. The van der Waals surface area contributed by atoms with Crippen molar-refractivity contribution < 1.29 is 19.2 Å². The molecule has 0 atom stereocenters. The first kappa shape index (κ1) is 45.0. The summed E-state index contributed by atoms with van der Waals surface area (Å²) < 4.78 is 1.70. The highest BCUT2D eigenvalue weighted by Gasteiger charge is 2.26. The molecule has 0 spiro atoms. The van der Waals surface area contributed by atoms with Crippen LogP contribution in [0.1, 0.15) is 114 Å². The fraction of sp³-hybridized carbons (Fsp3) is 0.457. The Morgan fingerprint density at radius 3 is 2.29 bits per heavy atom. The number of nitrogens with one attached hydrogen (secondary N) is 4. The zero-order valence-electron chi connectivity index (χ0n) is 36.6. The highest BCUT2D eigenvalue weighted by Crippen LogP contribution is 2.32. The van der Waals surface area contributed by atoms with Gasteiger partial charge >= 0.3 is 0 Å². The van der Waals surface area contributed by atoms with Crippen LogP contribution in [-0.4, -0.2) is 92.2 Å². The van der Waals surface area contributed by atoms with Crippen molar-refractivity contribution in [1.82, 2.24) is 34.7 Å². The molecule has 7 rings (SSSR count). The van der Waals surface area contributed by atoms with Gasteiger partial charge in [-0.05, 0) is 83.2 Å². The topological polar surface area (TPSA) is 196 Å². The maximum atomic E-state index is 13.6. The number of rotatable bonds is 18. The van der Waals surface area contributed by atoms with Gasteiger partial charge in [0.1, 0.15) is 11.5 Å². The van der Waals surface area contributed by atoms with Crippen molar-refractivity contribution in [2.45, 2.75) is 97.9 Å². The molecule has 17 heteroatoms. The highest BCUT2D eigenvalue weighted by molar-refractivity contribution is 7.15. The van der Waals surface area contributed by atoms with Crippen LogP contribution in [0, 0.1) is 20.8 Å². The number of hydrogen-bond donors (Lipinski definition) is 4. The number of aryl methyl sites for hydroxylation is 3. The summed E-state index contributed by atoms with van der Waals surface area (Å²) in [5, 5.41) is 13.2. The van der Waals surface area contributed by atoms with E-state index >= 15 is 0 Å². The van der Waals surface area contributed by atoms with E-state index in [0.717, 1.165) is 100 Å². The summed E-state index contributed by atoms with van der Waals surface area (Å²) in [5.74, 6) is 0.231. The van der Waals surface area contributed by atoms with E-state index in [1.165, 1.54) is 18.3 Å². The van der Waals surface area contributed by atoms with Crippen molar-refractivity contribution >= 4 is 74.1 Å². The molecule has 1 aromatic carbocycles. The minimum Gasteiger partial charge on any atom is -0.368 e. The molecule has 332 valence electrons. The van der Waals surface area contributed by atoms with Crippen LogP contribution in [0.5, 0.6) is 0 Å². The Bertz CT molecular complexity index is 2490. The van der Waals surface area contributed by atoms with Gasteiger partial charge in [0.15, 0.2) is 10.9 Å². The third-order valence-corrected chi connectivity index (χ3v) is 12.9. The molecule has 5 aromatic rings. The number of carbonyl (C=O) groups is 4. The first-order valence-electron chi connectivity index (χ1n) is 22.0. The van der Waals surface area contributed by atoms with Crippen LogP contribution in [0.4, 0.5) is 28.3 Å². The standard InChI is InChI=1S/C46H57N11O5S/c1-29-36-27-49-45(53-42(36)57(33-14-9-10-15-33)44(62)41(29)31(3)58)52-38-20-19-34(26-48-38)56-24-22-55(23-25-56)28-40(60)47-21-13-7-5-6-8-18-39(59)51-37-17-12-11-16-35(37)43(61)54-46-50-30(2)32(4)63-46/h11-12,16-17,19-20,26-27,33H,5-10,13-15,18,21-25,28H2,1-4H3,(H,47,60)(H,51,59)(H,50,54,61)(H,48,49,52,53). The number of anilines is 5. The van der Waals surface area contributed by atoms with Crippen LogP contribution in [-0.2, 0) is 9.59 Å². The first-order valence-corrected chi connectivity index (χ1v) is 22.8. The number of nitrogens with zero attached hydrogens (tertiary/aromatic N) is 7. The van der Waals surface area contributed by atoms with E-state index in [4.69, 9.17) is 4.98 Å². The molecule has 1 aliphatic heterocycles. The van der Waals surface area contributed by atoms with Gasteiger partial charge in [0, 0.05) is 61.6 Å². The predicted molar refractivity (Wildman–Crippen MR) is 248 cm³/mol. The third kappa shape index (κ3) is 11.3. The maximum Gasteiger partial charge on any atom is 0.263 e. The molecule has 63 heavy (non-hydrogen) atoms. The zero-order chi connectivity index (χ0) is 44.5. The van der Waals surface area contributed by atoms with Crippen LogP contribution in [0.3, 0.4) is 0 Å². The highest BCUT2D eigenvalue weighted by atomic mass is 32.1. The number of fused-ring (bicyclic) bond motifs is 1. The van der Waals surface area contributed by atoms with Gasteiger partial charge in [-0.1, -0.05) is 44.2 Å². The largest absolute Gasteiger partial charge is 0.368 e. The molecule has 0 unspecified atom stereocenters. The van der Waals surface area contributed by atoms with Gasteiger partial charge in [0.2, 0.25) is 17.8 Å². The van der Waals surface area contributed by atoms with Crippen molar-refractivity contribution in [2.24, 2.45) is 0 Å². The molecule has 1 saturated carbocycles. The van der Waals surface area contributed by atoms with Gasteiger partial charge < -0.3 is 20.9 Å². The van der Waals surface area contributed by atoms with Gasteiger partial charge in [-0.2, -0.15) is 4.98 Å². The van der Waals surface area contributed by atoms with Crippen LogP contribution < -0.4 is 31.7 Å². The molecule has 1 aliphatic carbocycles. The number of para-hydroxylation sites is 1. The van der Waals surface area contributed by atoms with Gasteiger partial charge in [0.25, 0.3) is 11.5 Å². The fourth-order valence-corrected chi connectivity index (χ4v) is 9.17. The van der Waals surface area contributed by atoms with Crippen molar-refractivity contribution in [1.29, 1.82) is 0 Å². The lowest BCUT2D eigenvalue weighted by molar-refractivity contribution is -0.122. The molecule has 2 aliphatic rings. The van der Waals surface area contributed by atoms with Crippen LogP contribution in [0.2, 0.25) is 0 Å². The number of thiazole rings is 1. The summed E-state index contributed by atoms with van der Waals surface area (Å²) in [5.41, 5.74) is 3.79. The number of carbonyl (C=O) groups excluding carboxylic acids is 4. The number of piperazine rings is 1. The molecule has 5 heterocycles. The number of aromatic nitrogens is 5.